The largest absolute Gasteiger partial charge is 0.467 e. The van der Waals surface area contributed by atoms with Gasteiger partial charge in [-0.2, -0.15) is 0 Å². The minimum absolute atomic E-state index is 0.0529. The number of amides is 1. The molecule has 92 valence electrons. The van der Waals surface area contributed by atoms with Gasteiger partial charge in [0.05, 0.1) is 13.0 Å². The van der Waals surface area contributed by atoms with Crippen LogP contribution >= 0.6 is 0 Å². The highest BCUT2D eigenvalue weighted by molar-refractivity contribution is 5.86. The predicted molar refractivity (Wildman–Crippen MR) is 59.6 cm³/mol. The first-order chi connectivity index (χ1) is 7.49. The zero-order valence-electron chi connectivity index (χ0n) is 10.1. The van der Waals surface area contributed by atoms with Crippen molar-refractivity contribution in [3.63, 3.8) is 0 Å². The molecule has 0 spiro atoms. The summed E-state index contributed by atoms with van der Waals surface area (Å²) in [6.45, 7) is 4.21. The van der Waals surface area contributed by atoms with Crippen LogP contribution in [0.2, 0.25) is 0 Å². The van der Waals surface area contributed by atoms with Gasteiger partial charge in [-0.25, -0.2) is 4.79 Å². The van der Waals surface area contributed by atoms with Crippen molar-refractivity contribution >= 4 is 11.9 Å². The Bertz CT molecular complexity index is 278. The lowest BCUT2D eigenvalue weighted by Crippen LogP contribution is -2.46. The summed E-state index contributed by atoms with van der Waals surface area (Å²) in [6.07, 6.45) is 1.53. The Morgan fingerprint density at radius 3 is 2.56 bits per heavy atom. The Morgan fingerprint density at radius 2 is 2.06 bits per heavy atom. The molecule has 0 aliphatic carbocycles. The van der Waals surface area contributed by atoms with E-state index in [0.717, 1.165) is 6.42 Å². The number of esters is 1. The molecule has 2 N–H and O–H groups in total. The highest BCUT2D eigenvalue weighted by atomic mass is 16.5. The normalized spacial score (nSPS) is 24.0. The Hall–Kier alpha value is -1.10. The second-order valence-electron chi connectivity index (χ2n) is 4.36. The molecule has 1 aliphatic heterocycles. The lowest BCUT2D eigenvalue weighted by atomic mass is 10.0. The van der Waals surface area contributed by atoms with E-state index >= 15 is 0 Å². The van der Waals surface area contributed by atoms with Crippen LogP contribution in [0.4, 0.5) is 0 Å². The van der Waals surface area contributed by atoms with E-state index in [4.69, 9.17) is 10.5 Å². The summed E-state index contributed by atoms with van der Waals surface area (Å²) in [6, 6.07) is -0.620. The number of ether oxygens (including phenoxy) is 1. The maximum atomic E-state index is 12.1. The SMILES string of the molecule is COC(=O)C1CCCN1C(=O)C(C)C(C)N. The Kier molecular flexibility index (Phi) is 4.29. The molecule has 5 nitrogen and oxygen atoms in total. The van der Waals surface area contributed by atoms with Gasteiger partial charge in [0.25, 0.3) is 0 Å². The quantitative estimate of drug-likeness (QED) is 0.697. The van der Waals surface area contributed by atoms with Crippen molar-refractivity contribution in [2.24, 2.45) is 11.7 Å². The fourth-order valence-electron chi connectivity index (χ4n) is 1.90. The van der Waals surface area contributed by atoms with Crippen LogP contribution in [-0.2, 0) is 14.3 Å². The fourth-order valence-corrected chi connectivity index (χ4v) is 1.90. The smallest absolute Gasteiger partial charge is 0.328 e. The van der Waals surface area contributed by atoms with Crippen LogP contribution in [0.25, 0.3) is 0 Å². The summed E-state index contributed by atoms with van der Waals surface area (Å²) in [5.41, 5.74) is 5.69. The van der Waals surface area contributed by atoms with Crippen LogP contribution in [0.15, 0.2) is 0 Å². The summed E-state index contributed by atoms with van der Waals surface area (Å²) in [5, 5.41) is 0. The second kappa shape index (κ2) is 5.30. The molecule has 0 aromatic carbocycles. The van der Waals surface area contributed by atoms with Gasteiger partial charge >= 0.3 is 5.97 Å². The monoisotopic (exact) mass is 228 g/mol. The molecule has 0 saturated carbocycles. The van der Waals surface area contributed by atoms with Gasteiger partial charge < -0.3 is 15.4 Å². The van der Waals surface area contributed by atoms with Gasteiger partial charge in [-0.3, -0.25) is 4.79 Å². The number of methoxy groups -OCH3 is 1. The van der Waals surface area contributed by atoms with E-state index in [-0.39, 0.29) is 23.8 Å². The number of hydrogen-bond acceptors (Lipinski definition) is 4. The van der Waals surface area contributed by atoms with E-state index in [1.165, 1.54) is 7.11 Å². The first-order valence-electron chi connectivity index (χ1n) is 5.63. The van der Waals surface area contributed by atoms with Gasteiger partial charge in [0, 0.05) is 12.6 Å². The molecular formula is C11H20N2O3. The molecular weight excluding hydrogens is 208 g/mol. The predicted octanol–water partition coefficient (Wildman–Crippen LogP) is 0.134. The first kappa shape index (κ1) is 13.0. The fraction of sp³-hybridized carbons (Fsp3) is 0.818. The number of rotatable bonds is 3. The molecule has 1 aliphatic rings. The zero-order valence-corrected chi connectivity index (χ0v) is 10.1. The van der Waals surface area contributed by atoms with E-state index in [1.54, 1.807) is 18.7 Å². The van der Waals surface area contributed by atoms with E-state index in [2.05, 4.69) is 0 Å². The van der Waals surface area contributed by atoms with Crippen molar-refractivity contribution in [3.05, 3.63) is 0 Å². The number of nitrogens with zero attached hydrogens (tertiary/aromatic N) is 1. The van der Waals surface area contributed by atoms with Crippen LogP contribution in [0.1, 0.15) is 26.7 Å². The molecule has 0 aromatic heterocycles. The Morgan fingerprint density at radius 1 is 1.44 bits per heavy atom. The van der Waals surface area contributed by atoms with Crippen LogP contribution in [0.5, 0.6) is 0 Å². The maximum Gasteiger partial charge on any atom is 0.328 e. The Labute approximate surface area is 95.9 Å². The minimum atomic E-state index is -0.418. The van der Waals surface area contributed by atoms with Gasteiger partial charge in [0.1, 0.15) is 6.04 Å². The van der Waals surface area contributed by atoms with Crippen LogP contribution in [0.3, 0.4) is 0 Å². The standard InChI is InChI=1S/C11H20N2O3/c1-7(8(2)12)10(14)13-6-4-5-9(13)11(15)16-3/h7-9H,4-6,12H2,1-3H3. The van der Waals surface area contributed by atoms with Crippen molar-refractivity contribution in [1.29, 1.82) is 0 Å². The molecule has 1 rings (SSSR count). The minimum Gasteiger partial charge on any atom is -0.467 e. The Balaban J connectivity index is 2.71. The maximum absolute atomic E-state index is 12.1. The molecule has 0 radical (unpaired) electrons. The van der Waals surface area contributed by atoms with Crippen molar-refractivity contribution in [3.8, 4) is 0 Å². The lowest BCUT2D eigenvalue weighted by molar-refractivity contribution is -0.152. The summed E-state index contributed by atoms with van der Waals surface area (Å²) >= 11 is 0. The van der Waals surface area contributed by atoms with Gasteiger partial charge in [0.2, 0.25) is 5.91 Å². The zero-order chi connectivity index (χ0) is 12.3. The van der Waals surface area contributed by atoms with Gasteiger partial charge in [-0.05, 0) is 19.8 Å². The lowest BCUT2D eigenvalue weighted by Gasteiger charge is -2.27. The highest BCUT2D eigenvalue weighted by Crippen LogP contribution is 2.21. The average molecular weight is 228 g/mol. The van der Waals surface area contributed by atoms with Crippen LogP contribution < -0.4 is 5.73 Å². The number of hydrogen-bond donors (Lipinski definition) is 1. The number of likely N-dealkylation sites (tertiary alicyclic amines) is 1. The van der Waals surface area contributed by atoms with Crippen molar-refractivity contribution in [2.45, 2.75) is 38.8 Å². The molecule has 3 unspecified atom stereocenters. The molecule has 0 aromatic rings. The number of carbonyl (C=O) groups is 2. The molecule has 1 amide bonds. The third-order valence-electron chi connectivity index (χ3n) is 3.19. The van der Waals surface area contributed by atoms with E-state index in [1.807, 2.05) is 0 Å². The molecule has 5 heteroatoms. The molecule has 1 fully saturated rings. The molecule has 16 heavy (non-hydrogen) atoms. The van der Waals surface area contributed by atoms with E-state index < -0.39 is 6.04 Å². The van der Waals surface area contributed by atoms with Crippen molar-refractivity contribution in [1.82, 2.24) is 4.90 Å². The van der Waals surface area contributed by atoms with Gasteiger partial charge in [0.15, 0.2) is 0 Å². The number of nitrogens with two attached hydrogens (primary N) is 1. The summed E-state index contributed by atoms with van der Waals surface area (Å²) < 4.78 is 4.69. The van der Waals surface area contributed by atoms with E-state index in [0.29, 0.717) is 13.0 Å². The summed E-state index contributed by atoms with van der Waals surface area (Å²) in [4.78, 5) is 25.1. The van der Waals surface area contributed by atoms with Crippen molar-refractivity contribution < 1.29 is 14.3 Å². The summed E-state index contributed by atoms with van der Waals surface area (Å²) in [5.74, 6) is -0.643. The average Bonchev–Trinajstić information content (AvgIpc) is 2.74. The third kappa shape index (κ3) is 2.52. The van der Waals surface area contributed by atoms with Gasteiger partial charge in [-0.1, -0.05) is 6.92 Å². The van der Waals surface area contributed by atoms with Crippen LogP contribution in [0, 0.1) is 5.92 Å². The molecule has 1 saturated heterocycles. The topological polar surface area (TPSA) is 72.6 Å². The van der Waals surface area contributed by atoms with Crippen LogP contribution in [-0.4, -0.2) is 42.5 Å². The highest BCUT2D eigenvalue weighted by Gasteiger charge is 2.37. The number of carbonyl (C=O) groups excluding carboxylic acids is 2. The van der Waals surface area contributed by atoms with Crippen molar-refractivity contribution in [2.75, 3.05) is 13.7 Å². The second-order valence-corrected chi connectivity index (χ2v) is 4.36. The summed E-state index contributed by atoms with van der Waals surface area (Å²) in [7, 11) is 1.35. The molecule has 0 bridgehead atoms. The molecule has 1 heterocycles. The first-order valence-corrected chi connectivity index (χ1v) is 5.63. The molecule has 3 atom stereocenters. The van der Waals surface area contributed by atoms with Gasteiger partial charge in [-0.15, -0.1) is 0 Å². The third-order valence-corrected chi connectivity index (χ3v) is 3.19. The van der Waals surface area contributed by atoms with E-state index in [9.17, 15) is 9.59 Å².